The van der Waals surface area contributed by atoms with Crippen molar-refractivity contribution in [2.24, 2.45) is 0 Å². The van der Waals surface area contributed by atoms with Crippen molar-refractivity contribution in [3.8, 4) is 0 Å². The van der Waals surface area contributed by atoms with Crippen LogP contribution in [0, 0.1) is 0 Å². The van der Waals surface area contributed by atoms with E-state index in [9.17, 15) is 4.79 Å². The number of carbonyl (C=O) groups is 1. The Hall–Kier alpha value is -1.71. The van der Waals surface area contributed by atoms with Crippen LogP contribution in [-0.4, -0.2) is 12.1 Å². The van der Waals surface area contributed by atoms with Gasteiger partial charge in [0.2, 0.25) is 0 Å². The molecule has 0 aliphatic rings. The first-order valence-corrected chi connectivity index (χ1v) is 4.51. The molecule has 4 N–H and O–H groups in total. The Morgan fingerprint density at radius 1 is 1.29 bits per heavy atom. The normalized spacial score (nSPS) is 9.93. The van der Waals surface area contributed by atoms with Crippen LogP contribution in [-0.2, 0) is 0 Å². The van der Waals surface area contributed by atoms with E-state index in [1.54, 1.807) is 24.3 Å². The van der Waals surface area contributed by atoms with Crippen molar-refractivity contribution < 1.29 is 4.79 Å². The molecule has 0 fully saturated rings. The molecule has 0 radical (unpaired) electrons. The zero-order valence-electron chi connectivity index (χ0n) is 8.37. The number of carbonyl (C=O) groups excluding carboxylic acids is 1. The molecule has 4 nitrogen and oxygen atoms in total. The van der Waals surface area contributed by atoms with Crippen LogP contribution in [0.15, 0.2) is 24.3 Å². The molecule has 0 bridgehead atoms. The smallest absolute Gasteiger partial charge is 0.319 e. The van der Waals surface area contributed by atoms with Gasteiger partial charge in [0.25, 0.3) is 0 Å². The average Bonchev–Trinajstić information content (AvgIpc) is 2.07. The predicted octanol–water partition coefficient (Wildman–Crippen LogP) is 1.80. The number of benzene rings is 1. The summed E-state index contributed by atoms with van der Waals surface area (Å²) in [6.45, 7) is 3.81. The Balaban J connectivity index is 2.52. The fraction of sp³-hybridized carbons (Fsp3) is 0.300. The van der Waals surface area contributed by atoms with Crippen molar-refractivity contribution in [3.05, 3.63) is 24.3 Å². The van der Waals surface area contributed by atoms with E-state index in [2.05, 4.69) is 10.6 Å². The molecular weight excluding hydrogens is 178 g/mol. The topological polar surface area (TPSA) is 67.2 Å². The number of nitrogen functional groups attached to an aromatic ring is 1. The fourth-order valence-corrected chi connectivity index (χ4v) is 0.996. The number of hydrogen-bond donors (Lipinski definition) is 3. The molecule has 1 aromatic rings. The van der Waals surface area contributed by atoms with Crippen LogP contribution in [0.5, 0.6) is 0 Å². The summed E-state index contributed by atoms with van der Waals surface area (Å²) in [6.07, 6.45) is 0. The molecule has 14 heavy (non-hydrogen) atoms. The van der Waals surface area contributed by atoms with Gasteiger partial charge in [0.05, 0.1) is 0 Å². The van der Waals surface area contributed by atoms with E-state index in [1.165, 1.54) is 0 Å². The molecule has 4 heteroatoms. The third-order valence-electron chi connectivity index (χ3n) is 1.59. The Labute approximate surface area is 83.5 Å². The van der Waals surface area contributed by atoms with Gasteiger partial charge in [-0.25, -0.2) is 4.79 Å². The number of hydrogen-bond acceptors (Lipinski definition) is 2. The Kier molecular flexibility index (Phi) is 3.34. The molecule has 2 amide bonds. The standard InChI is InChI=1S/C10H15N3O/c1-7(2)12-10(14)13-9-5-3-8(11)4-6-9/h3-7H,11H2,1-2H3,(H2,12,13,14). The molecule has 0 spiro atoms. The van der Waals surface area contributed by atoms with Crippen LogP contribution in [0.3, 0.4) is 0 Å². The Morgan fingerprint density at radius 2 is 1.86 bits per heavy atom. The van der Waals surface area contributed by atoms with E-state index >= 15 is 0 Å². The molecule has 0 aliphatic heterocycles. The first kappa shape index (κ1) is 10.4. The van der Waals surface area contributed by atoms with E-state index < -0.39 is 0 Å². The highest BCUT2D eigenvalue weighted by atomic mass is 16.2. The number of nitrogens with one attached hydrogen (secondary N) is 2. The summed E-state index contributed by atoms with van der Waals surface area (Å²) in [5, 5.41) is 5.42. The van der Waals surface area contributed by atoms with Gasteiger partial charge in [-0.3, -0.25) is 0 Å². The average molecular weight is 193 g/mol. The second-order valence-corrected chi connectivity index (χ2v) is 3.38. The number of nitrogens with two attached hydrogens (primary N) is 1. The maximum Gasteiger partial charge on any atom is 0.319 e. The van der Waals surface area contributed by atoms with Crippen LogP contribution < -0.4 is 16.4 Å². The summed E-state index contributed by atoms with van der Waals surface area (Å²) in [4.78, 5) is 11.3. The lowest BCUT2D eigenvalue weighted by molar-refractivity contribution is 0.250. The Bertz CT molecular complexity index is 306. The van der Waals surface area contributed by atoms with E-state index in [0.29, 0.717) is 5.69 Å². The first-order valence-electron chi connectivity index (χ1n) is 4.51. The number of amides is 2. The van der Waals surface area contributed by atoms with Crippen LogP contribution in [0.4, 0.5) is 16.2 Å². The Morgan fingerprint density at radius 3 is 2.36 bits per heavy atom. The quantitative estimate of drug-likeness (QED) is 0.627. The van der Waals surface area contributed by atoms with Crippen molar-refractivity contribution in [1.82, 2.24) is 5.32 Å². The first-order chi connectivity index (χ1) is 6.58. The minimum atomic E-state index is -0.204. The summed E-state index contributed by atoms with van der Waals surface area (Å²) in [5.41, 5.74) is 6.92. The predicted molar refractivity (Wildman–Crippen MR) is 58.1 cm³/mol. The van der Waals surface area contributed by atoms with Gasteiger partial charge in [0.15, 0.2) is 0 Å². The summed E-state index contributed by atoms with van der Waals surface area (Å²) in [6, 6.07) is 6.93. The van der Waals surface area contributed by atoms with E-state index in [0.717, 1.165) is 5.69 Å². The molecule has 1 aromatic carbocycles. The van der Waals surface area contributed by atoms with E-state index in [-0.39, 0.29) is 12.1 Å². The van der Waals surface area contributed by atoms with Crippen LogP contribution in [0.1, 0.15) is 13.8 Å². The summed E-state index contributed by atoms with van der Waals surface area (Å²) in [5.74, 6) is 0. The minimum Gasteiger partial charge on any atom is -0.399 e. The van der Waals surface area contributed by atoms with Crippen molar-refractivity contribution in [2.45, 2.75) is 19.9 Å². The van der Waals surface area contributed by atoms with Gasteiger partial charge in [-0.05, 0) is 38.1 Å². The van der Waals surface area contributed by atoms with Gasteiger partial charge < -0.3 is 16.4 Å². The zero-order valence-corrected chi connectivity index (χ0v) is 8.37. The molecule has 0 aliphatic carbocycles. The molecular formula is C10H15N3O. The molecule has 0 atom stereocenters. The monoisotopic (exact) mass is 193 g/mol. The third-order valence-corrected chi connectivity index (χ3v) is 1.59. The third kappa shape index (κ3) is 3.35. The van der Waals surface area contributed by atoms with Crippen LogP contribution in [0.25, 0.3) is 0 Å². The lowest BCUT2D eigenvalue weighted by atomic mass is 10.3. The van der Waals surface area contributed by atoms with E-state index in [4.69, 9.17) is 5.73 Å². The minimum absolute atomic E-state index is 0.129. The second-order valence-electron chi connectivity index (χ2n) is 3.38. The molecule has 76 valence electrons. The lowest BCUT2D eigenvalue weighted by Crippen LogP contribution is -2.34. The highest BCUT2D eigenvalue weighted by Gasteiger charge is 2.02. The van der Waals surface area contributed by atoms with Gasteiger partial charge in [-0.1, -0.05) is 0 Å². The SMILES string of the molecule is CC(C)NC(=O)Nc1ccc(N)cc1. The lowest BCUT2D eigenvalue weighted by Gasteiger charge is -2.09. The van der Waals surface area contributed by atoms with Gasteiger partial charge in [-0.15, -0.1) is 0 Å². The summed E-state index contributed by atoms with van der Waals surface area (Å²) in [7, 11) is 0. The van der Waals surface area contributed by atoms with Gasteiger partial charge >= 0.3 is 6.03 Å². The van der Waals surface area contributed by atoms with Crippen LogP contribution >= 0.6 is 0 Å². The molecule has 0 heterocycles. The largest absolute Gasteiger partial charge is 0.399 e. The second kappa shape index (κ2) is 4.50. The van der Waals surface area contributed by atoms with Gasteiger partial charge in [0, 0.05) is 17.4 Å². The fourth-order valence-electron chi connectivity index (χ4n) is 0.996. The van der Waals surface area contributed by atoms with Crippen LogP contribution in [0.2, 0.25) is 0 Å². The molecule has 1 rings (SSSR count). The number of urea groups is 1. The highest BCUT2D eigenvalue weighted by molar-refractivity contribution is 5.89. The van der Waals surface area contributed by atoms with Crippen molar-refractivity contribution >= 4 is 17.4 Å². The van der Waals surface area contributed by atoms with Crippen molar-refractivity contribution in [3.63, 3.8) is 0 Å². The van der Waals surface area contributed by atoms with E-state index in [1.807, 2.05) is 13.8 Å². The summed E-state index contributed by atoms with van der Waals surface area (Å²) >= 11 is 0. The highest BCUT2D eigenvalue weighted by Crippen LogP contribution is 2.09. The number of anilines is 2. The number of rotatable bonds is 2. The van der Waals surface area contributed by atoms with Gasteiger partial charge in [-0.2, -0.15) is 0 Å². The molecule has 0 saturated carbocycles. The van der Waals surface area contributed by atoms with Crippen molar-refractivity contribution in [1.29, 1.82) is 0 Å². The zero-order chi connectivity index (χ0) is 10.6. The molecule has 0 saturated heterocycles. The molecule has 0 aromatic heterocycles. The molecule has 0 unspecified atom stereocenters. The maximum absolute atomic E-state index is 11.3. The van der Waals surface area contributed by atoms with Crippen molar-refractivity contribution in [2.75, 3.05) is 11.1 Å². The van der Waals surface area contributed by atoms with Gasteiger partial charge in [0.1, 0.15) is 0 Å². The maximum atomic E-state index is 11.3. The summed E-state index contributed by atoms with van der Waals surface area (Å²) < 4.78 is 0.